The number of nitrogens with two attached hydrogens (primary N) is 1. The van der Waals surface area contributed by atoms with Gasteiger partial charge in [0, 0.05) is 24.3 Å². The Labute approximate surface area is 172 Å². The van der Waals surface area contributed by atoms with Crippen molar-refractivity contribution in [3.8, 4) is 5.75 Å². The van der Waals surface area contributed by atoms with E-state index in [1.807, 2.05) is 31.2 Å². The van der Waals surface area contributed by atoms with Crippen LogP contribution in [0, 0.1) is 0 Å². The number of benzene rings is 2. The molecule has 3 atom stereocenters. The van der Waals surface area contributed by atoms with Crippen molar-refractivity contribution in [1.29, 1.82) is 0 Å². The van der Waals surface area contributed by atoms with E-state index in [1.54, 1.807) is 0 Å². The van der Waals surface area contributed by atoms with Crippen LogP contribution in [0.3, 0.4) is 0 Å². The van der Waals surface area contributed by atoms with Crippen molar-refractivity contribution >= 4 is 5.91 Å². The van der Waals surface area contributed by atoms with Gasteiger partial charge >= 0.3 is 0 Å². The predicted octanol–water partition coefficient (Wildman–Crippen LogP) is 3.55. The average Bonchev–Trinajstić information content (AvgIpc) is 3.26. The Bertz CT molecular complexity index is 842. The number of carbonyl (C=O) groups excluding carboxylic acids is 1. The molecule has 1 saturated heterocycles. The van der Waals surface area contributed by atoms with Crippen LogP contribution in [0.25, 0.3) is 0 Å². The average molecular weight is 395 g/mol. The fraction of sp³-hybridized carbons (Fsp3) is 0.458. The number of hydrogen-bond donors (Lipinski definition) is 2. The maximum absolute atomic E-state index is 12.7. The topological polar surface area (TPSA) is 73.6 Å². The van der Waals surface area contributed by atoms with Gasteiger partial charge in [-0.25, -0.2) is 0 Å². The minimum Gasteiger partial charge on any atom is -0.491 e. The molecule has 0 saturated carbocycles. The first-order valence-corrected chi connectivity index (χ1v) is 10.6. The smallest absolute Gasteiger partial charge is 0.251 e. The third kappa shape index (κ3) is 4.98. The van der Waals surface area contributed by atoms with Crippen LogP contribution in [0.15, 0.2) is 42.5 Å². The molecule has 5 nitrogen and oxygen atoms in total. The number of nitrogens with one attached hydrogen (secondary N) is 1. The first kappa shape index (κ1) is 19.9. The van der Waals surface area contributed by atoms with Gasteiger partial charge in [-0.05, 0) is 80.0 Å². The van der Waals surface area contributed by atoms with Crippen LogP contribution in [0.2, 0.25) is 0 Å². The largest absolute Gasteiger partial charge is 0.491 e. The van der Waals surface area contributed by atoms with Crippen LogP contribution in [0.4, 0.5) is 0 Å². The Morgan fingerprint density at radius 1 is 1.21 bits per heavy atom. The molecule has 5 heteroatoms. The van der Waals surface area contributed by atoms with E-state index in [1.165, 1.54) is 16.7 Å². The van der Waals surface area contributed by atoms with Crippen molar-refractivity contribution in [3.05, 3.63) is 64.7 Å². The van der Waals surface area contributed by atoms with Crippen LogP contribution in [-0.4, -0.2) is 31.3 Å². The number of fused-ring (bicyclic) bond motifs is 1. The van der Waals surface area contributed by atoms with E-state index in [0.717, 1.165) is 44.5 Å². The summed E-state index contributed by atoms with van der Waals surface area (Å²) in [5.74, 6) is 0.741. The zero-order valence-corrected chi connectivity index (χ0v) is 17.0. The quantitative estimate of drug-likeness (QED) is 0.786. The van der Waals surface area contributed by atoms with Gasteiger partial charge in [0.25, 0.3) is 5.91 Å². The third-order valence-electron chi connectivity index (χ3n) is 5.90. The van der Waals surface area contributed by atoms with Crippen molar-refractivity contribution in [2.45, 2.75) is 57.2 Å². The van der Waals surface area contributed by atoms with Gasteiger partial charge in [0.2, 0.25) is 0 Å². The maximum Gasteiger partial charge on any atom is 0.251 e. The van der Waals surface area contributed by atoms with Crippen molar-refractivity contribution < 1.29 is 14.3 Å². The highest BCUT2D eigenvalue weighted by atomic mass is 16.5. The number of ether oxygens (including phenoxy) is 2. The predicted molar refractivity (Wildman–Crippen MR) is 113 cm³/mol. The summed E-state index contributed by atoms with van der Waals surface area (Å²) in [7, 11) is 0. The van der Waals surface area contributed by atoms with Gasteiger partial charge in [0.05, 0.1) is 6.10 Å². The molecule has 0 spiro atoms. The number of rotatable bonds is 6. The summed E-state index contributed by atoms with van der Waals surface area (Å²) in [5.41, 5.74) is 10.5. The summed E-state index contributed by atoms with van der Waals surface area (Å²) in [6, 6.07) is 14.0. The SMILES string of the molecule is C[C@H](N)c1ccc2c(c1)CCC(NC(=O)c1ccc(OCC3CCCO3)cc1)C2. The zero-order valence-electron chi connectivity index (χ0n) is 17.0. The molecule has 2 aromatic carbocycles. The first-order valence-electron chi connectivity index (χ1n) is 10.6. The lowest BCUT2D eigenvalue weighted by molar-refractivity contribution is 0.0679. The number of amides is 1. The van der Waals surface area contributed by atoms with Gasteiger partial charge in [-0.1, -0.05) is 18.2 Å². The molecule has 1 fully saturated rings. The minimum absolute atomic E-state index is 0.0312. The second-order valence-electron chi connectivity index (χ2n) is 8.20. The van der Waals surface area contributed by atoms with E-state index in [0.29, 0.717) is 12.2 Å². The molecule has 2 unspecified atom stereocenters. The van der Waals surface area contributed by atoms with Gasteiger partial charge < -0.3 is 20.5 Å². The number of carbonyl (C=O) groups is 1. The molecule has 0 bridgehead atoms. The fourth-order valence-electron chi connectivity index (χ4n) is 4.12. The monoisotopic (exact) mass is 394 g/mol. The molecular formula is C24H30N2O3. The van der Waals surface area contributed by atoms with Gasteiger partial charge in [0.1, 0.15) is 12.4 Å². The Hall–Kier alpha value is -2.37. The first-order chi connectivity index (χ1) is 14.1. The summed E-state index contributed by atoms with van der Waals surface area (Å²) in [4.78, 5) is 12.7. The molecule has 0 radical (unpaired) electrons. The van der Waals surface area contributed by atoms with Crippen molar-refractivity contribution in [2.75, 3.05) is 13.2 Å². The Balaban J connectivity index is 1.31. The van der Waals surface area contributed by atoms with Gasteiger partial charge in [-0.15, -0.1) is 0 Å². The second kappa shape index (κ2) is 8.97. The lowest BCUT2D eigenvalue weighted by atomic mass is 9.86. The van der Waals surface area contributed by atoms with E-state index in [4.69, 9.17) is 15.2 Å². The molecule has 1 aliphatic carbocycles. The summed E-state index contributed by atoms with van der Waals surface area (Å²) in [6.07, 6.45) is 5.13. The molecule has 154 valence electrons. The summed E-state index contributed by atoms with van der Waals surface area (Å²) in [5, 5.41) is 3.19. The Morgan fingerprint density at radius 2 is 2.03 bits per heavy atom. The highest BCUT2D eigenvalue weighted by molar-refractivity contribution is 5.94. The summed E-state index contributed by atoms with van der Waals surface area (Å²) >= 11 is 0. The normalized spacial score (nSPS) is 22.0. The lowest BCUT2D eigenvalue weighted by Crippen LogP contribution is -2.38. The molecule has 0 aromatic heterocycles. The van der Waals surface area contributed by atoms with E-state index in [-0.39, 0.29) is 24.1 Å². The van der Waals surface area contributed by atoms with Crippen LogP contribution < -0.4 is 15.8 Å². The molecular weight excluding hydrogens is 364 g/mol. The lowest BCUT2D eigenvalue weighted by Gasteiger charge is -2.26. The Kier molecular flexibility index (Phi) is 6.16. The molecule has 3 N–H and O–H groups in total. The van der Waals surface area contributed by atoms with Crippen LogP contribution >= 0.6 is 0 Å². The van der Waals surface area contributed by atoms with E-state index >= 15 is 0 Å². The zero-order chi connectivity index (χ0) is 20.2. The van der Waals surface area contributed by atoms with Crippen LogP contribution in [0.1, 0.15) is 59.3 Å². The molecule has 1 amide bonds. The minimum atomic E-state index is -0.0312. The second-order valence-corrected chi connectivity index (χ2v) is 8.20. The van der Waals surface area contributed by atoms with Gasteiger partial charge in [0.15, 0.2) is 0 Å². The van der Waals surface area contributed by atoms with Crippen LogP contribution in [-0.2, 0) is 17.6 Å². The summed E-state index contributed by atoms with van der Waals surface area (Å²) < 4.78 is 11.3. The maximum atomic E-state index is 12.7. The fourth-order valence-corrected chi connectivity index (χ4v) is 4.12. The third-order valence-corrected chi connectivity index (χ3v) is 5.90. The summed E-state index contributed by atoms with van der Waals surface area (Å²) in [6.45, 7) is 3.40. The molecule has 2 aliphatic rings. The molecule has 29 heavy (non-hydrogen) atoms. The van der Waals surface area contributed by atoms with Crippen LogP contribution in [0.5, 0.6) is 5.75 Å². The van der Waals surface area contributed by atoms with Gasteiger partial charge in [-0.2, -0.15) is 0 Å². The standard InChI is InChI=1S/C24H30N2O3/c1-16(25)18-4-5-20-14-21(9-6-19(20)13-18)26-24(27)17-7-10-22(11-8-17)29-15-23-3-2-12-28-23/h4-5,7-8,10-11,13,16,21,23H,2-3,6,9,12,14-15,25H2,1H3,(H,26,27)/t16-,21?,23?/m0/s1. The number of hydrogen-bond acceptors (Lipinski definition) is 4. The molecule has 2 aromatic rings. The van der Waals surface area contributed by atoms with E-state index in [2.05, 4.69) is 23.5 Å². The molecule has 1 aliphatic heterocycles. The highest BCUT2D eigenvalue weighted by Gasteiger charge is 2.21. The Morgan fingerprint density at radius 3 is 2.76 bits per heavy atom. The van der Waals surface area contributed by atoms with Gasteiger partial charge in [-0.3, -0.25) is 4.79 Å². The van der Waals surface area contributed by atoms with E-state index < -0.39 is 0 Å². The van der Waals surface area contributed by atoms with E-state index in [9.17, 15) is 4.79 Å². The number of aryl methyl sites for hydroxylation is 1. The van der Waals surface area contributed by atoms with Crippen molar-refractivity contribution in [3.63, 3.8) is 0 Å². The molecule has 4 rings (SSSR count). The highest BCUT2D eigenvalue weighted by Crippen LogP contribution is 2.25. The van der Waals surface area contributed by atoms with Crippen molar-refractivity contribution in [2.24, 2.45) is 5.73 Å². The molecule has 1 heterocycles. The van der Waals surface area contributed by atoms with Crippen molar-refractivity contribution in [1.82, 2.24) is 5.32 Å².